The zero-order valence-corrected chi connectivity index (χ0v) is 24.8. The van der Waals surface area contributed by atoms with Crippen molar-refractivity contribution < 1.29 is 22.5 Å². The van der Waals surface area contributed by atoms with E-state index in [0.29, 0.717) is 36.0 Å². The van der Waals surface area contributed by atoms with Gasteiger partial charge in [0.15, 0.2) is 0 Å². The highest BCUT2D eigenvalue weighted by molar-refractivity contribution is 7.85. The van der Waals surface area contributed by atoms with Gasteiger partial charge in [0.1, 0.15) is 5.75 Å². The first-order valence-corrected chi connectivity index (χ1v) is 17.3. The van der Waals surface area contributed by atoms with E-state index >= 15 is 0 Å². The quantitative estimate of drug-likeness (QED) is 0.187. The molecule has 0 aromatic heterocycles. The highest BCUT2D eigenvalue weighted by atomic mass is 32.2. The average Bonchev–Trinajstić information content (AvgIpc) is 2.97. The number of hydrogen-bond acceptors (Lipinski definition) is 4. The molecule has 0 atom stereocenters. The third-order valence-electron chi connectivity index (χ3n) is 9.81. The topological polar surface area (TPSA) is 80.7 Å². The lowest BCUT2D eigenvalue weighted by Crippen LogP contribution is -2.21. The number of carbonyl (C=O) groups excluding carboxylic acids is 1. The van der Waals surface area contributed by atoms with Crippen LogP contribution in [-0.2, 0) is 23.0 Å². The molecule has 3 aromatic carbocycles. The maximum Gasteiger partial charge on any atom is 0.344 e. The van der Waals surface area contributed by atoms with Crippen LogP contribution in [-0.4, -0.2) is 18.9 Å². The molecule has 6 heteroatoms. The van der Waals surface area contributed by atoms with Crippen molar-refractivity contribution in [2.75, 3.05) is 0 Å². The number of hydrogen-bond donors (Lipinski definition) is 1. The summed E-state index contributed by atoms with van der Waals surface area (Å²) in [5.74, 6) is 0.778. The molecule has 3 aromatic rings. The molecule has 0 bridgehead atoms. The van der Waals surface area contributed by atoms with Crippen LogP contribution < -0.4 is 4.74 Å². The number of rotatable bonds is 5. The van der Waals surface area contributed by atoms with Gasteiger partial charge in [0.05, 0.1) is 10.5 Å². The molecule has 5 nitrogen and oxygen atoms in total. The predicted octanol–water partition coefficient (Wildman–Crippen LogP) is 9.06. The van der Waals surface area contributed by atoms with Crippen molar-refractivity contribution >= 4 is 26.9 Å². The Morgan fingerprint density at radius 3 is 2.02 bits per heavy atom. The third-order valence-corrected chi connectivity index (χ3v) is 10.8. The first kappa shape index (κ1) is 28.4. The van der Waals surface area contributed by atoms with Gasteiger partial charge in [-0.05, 0) is 114 Å². The molecule has 3 aliphatic carbocycles. The molecule has 0 aliphatic heterocycles. The first-order valence-electron chi connectivity index (χ1n) is 15.8. The Hall–Kier alpha value is -2.70. The number of esters is 1. The maximum atomic E-state index is 14.5. The second-order valence-corrected chi connectivity index (χ2v) is 13.8. The predicted molar refractivity (Wildman–Crippen MR) is 163 cm³/mol. The molecule has 41 heavy (non-hydrogen) atoms. The number of ether oxygens (including phenoxy) is 1. The molecule has 0 radical (unpaired) electrons. The number of fused-ring (bicyclic) bond motifs is 2. The van der Waals surface area contributed by atoms with Crippen LogP contribution in [0.5, 0.6) is 5.75 Å². The van der Waals surface area contributed by atoms with Crippen molar-refractivity contribution in [3.05, 3.63) is 70.3 Å². The molecule has 0 spiro atoms. The van der Waals surface area contributed by atoms with Crippen molar-refractivity contribution in [2.24, 2.45) is 0 Å². The molecule has 6 rings (SSSR count). The van der Waals surface area contributed by atoms with Crippen LogP contribution in [0.3, 0.4) is 0 Å². The Balaban J connectivity index is 1.50. The van der Waals surface area contributed by atoms with E-state index < -0.39 is 10.1 Å². The normalized spacial score (nSPS) is 19.3. The molecule has 0 amide bonds. The summed E-state index contributed by atoms with van der Waals surface area (Å²) in [5.41, 5.74) is 4.40. The zero-order chi connectivity index (χ0) is 28.4. The van der Waals surface area contributed by atoms with Crippen molar-refractivity contribution in [3.8, 4) is 5.75 Å². The van der Waals surface area contributed by atoms with E-state index in [0.717, 1.165) is 79.0 Å². The zero-order valence-electron chi connectivity index (χ0n) is 24.0. The lowest BCUT2D eigenvalue weighted by molar-refractivity contribution is 0.0728. The van der Waals surface area contributed by atoms with E-state index in [9.17, 15) is 17.8 Å². The van der Waals surface area contributed by atoms with Crippen molar-refractivity contribution in [1.29, 1.82) is 0 Å². The molecule has 0 unspecified atom stereocenters. The highest BCUT2D eigenvalue weighted by Crippen LogP contribution is 2.45. The smallest absolute Gasteiger partial charge is 0.344 e. The van der Waals surface area contributed by atoms with E-state index in [4.69, 9.17) is 4.74 Å². The molecule has 1 N–H and O–H groups in total. The SMILES string of the molecule is O=C(Oc1ccc(S(=O)(=O)O)c2c1CCCCCC2)c1c(C2CCCCC2)cc2ccccc2c1C1CCCCC1. The van der Waals surface area contributed by atoms with Crippen LogP contribution >= 0.6 is 0 Å². The minimum absolute atomic E-state index is 0.0503. The Morgan fingerprint density at radius 1 is 0.732 bits per heavy atom. The average molecular weight is 575 g/mol. The monoisotopic (exact) mass is 574 g/mol. The summed E-state index contributed by atoms with van der Waals surface area (Å²) in [6, 6.07) is 13.8. The van der Waals surface area contributed by atoms with E-state index in [1.54, 1.807) is 6.07 Å². The van der Waals surface area contributed by atoms with Gasteiger partial charge in [-0.3, -0.25) is 4.55 Å². The summed E-state index contributed by atoms with van der Waals surface area (Å²) >= 11 is 0. The van der Waals surface area contributed by atoms with Crippen molar-refractivity contribution in [1.82, 2.24) is 0 Å². The second-order valence-electron chi connectivity index (χ2n) is 12.4. The Morgan fingerprint density at radius 2 is 1.34 bits per heavy atom. The van der Waals surface area contributed by atoms with Gasteiger partial charge in [0, 0.05) is 0 Å². The summed E-state index contributed by atoms with van der Waals surface area (Å²) in [7, 11) is -4.38. The van der Waals surface area contributed by atoms with Gasteiger partial charge in [0.25, 0.3) is 10.1 Å². The standard InChI is InChI=1S/C35H42O5S/c36-35(40-31-21-22-32(41(37,38)39)29-20-10-2-1-9-19-28(29)31)34-30(24-13-5-3-6-14-24)23-26-17-11-12-18-27(26)33(34)25-15-7-4-8-16-25/h11-12,17-18,21-25H,1-10,13-16,19-20H2,(H,37,38,39). The van der Waals surface area contributed by atoms with Crippen LogP contribution in [0.2, 0.25) is 0 Å². The molecule has 0 heterocycles. The molecule has 3 aliphatic rings. The van der Waals surface area contributed by atoms with Gasteiger partial charge in [-0.25, -0.2) is 4.79 Å². The lowest BCUT2D eigenvalue weighted by atomic mass is 9.74. The minimum atomic E-state index is -4.38. The fourth-order valence-corrected chi connectivity index (χ4v) is 8.60. The molecule has 2 saturated carbocycles. The third kappa shape index (κ3) is 5.96. The van der Waals surface area contributed by atoms with Gasteiger partial charge in [-0.2, -0.15) is 8.42 Å². The van der Waals surface area contributed by atoms with Crippen LogP contribution in [0.4, 0.5) is 0 Å². The lowest BCUT2D eigenvalue weighted by Gasteiger charge is -2.30. The van der Waals surface area contributed by atoms with E-state index in [-0.39, 0.29) is 10.9 Å². The Bertz CT molecular complexity index is 1530. The Labute approximate surface area is 244 Å². The molecule has 2 fully saturated rings. The van der Waals surface area contributed by atoms with E-state index in [1.165, 1.54) is 50.0 Å². The number of benzene rings is 3. The van der Waals surface area contributed by atoms with Crippen LogP contribution in [0.1, 0.15) is 134 Å². The molecule has 0 saturated heterocycles. The summed E-state index contributed by atoms with van der Waals surface area (Å²) in [4.78, 5) is 14.5. The molecular weight excluding hydrogens is 532 g/mol. The maximum absolute atomic E-state index is 14.5. The first-order chi connectivity index (χ1) is 19.9. The summed E-state index contributed by atoms with van der Waals surface area (Å²) in [6.45, 7) is 0. The van der Waals surface area contributed by atoms with Gasteiger partial charge in [0.2, 0.25) is 0 Å². The van der Waals surface area contributed by atoms with E-state index in [2.05, 4.69) is 30.3 Å². The largest absolute Gasteiger partial charge is 0.423 e. The van der Waals surface area contributed by atoms with Gasteiger partial charge >= 0.3 is 5.97 Å². The molecular formula is C35H42O5S. The van der Waals surface area contributed by atoms with Crippen LogP contribution in [0, 0.1) is 0 Å². The van der Waals surface area contributed by atoms with Gasteiger partial charge in [-0.15, -0.1) is 0 Å². The Kier molecular flexibility index (Phi) is 8.50. The summed E-state index contributed by atoms with van der Waals surface area (Å²) < 4.78 is 40.9. The number of carbonyl (C=O) groups is 1. The van der Waals surface area contributed by atoms with Crippen molar-refractivity contribution in [2.45, 2.75) is 119 Å². The fraction of sp³-hybridized carbons (Fsp3) is 0.514. The van der Waals surface area contributed by atoms with Crippen molar-refractivity contribution in [3.63, 3.8) is 0 Å². The van der Waals surface area contributed by atoms with Crippen LogP contribution in [0.25, 0.3) is 10.8 Å². The fourth-order valence-electron chi connectivity index (χ4n) is 7.82. The minimum Gasteiger partial charge on any atom is -0.423 e. The summed E-state index contributed by atoms with van der Waals surface area (Å²) in [5, 5.41) is 2.36. The molecule has 218 valence electrons. The highest BCUT2D eigenvalue weighted by Gasteiger charge is 2.32. The van der Waals surface area contributed by atoms with Crippen LogP contribution in [0.15, 0.2) is 47.4 Å². The van der Waals surface area contributed by atoms with E-state index in [1.807, 2.05) is 0 Å². The van der Waals surface area contributed by atoms with Gasteiger partial charge in [-0.1, -0.05) is 75.6 Å². The second kappa shape index (κ2) is 12.3. The van der Waals surface area contributed by atoms with Gasteiger partial charge < -0.3 is 4.74 Å². The summed E-state index contributed by atoms with van der Waals surface area (Å²) in [6.07, 6.45) is 16.5.